The Balaban J connectivity index is 1.93. The fourth-order valence-electron chi connectivity index (χ4n) is 3.11. The Morgan fingerprint density at radius 1 is 1.17 bits per heavy atom. The first-order valence-corrected chi connectivity index (χ1v) is 8.13. The molecular formula is C19H22FNO3. The van der Waals surface area contributed by atoms with Crippen molar-refractivity contribution in [1.82, 2.24) is 0 Å². The van der Waals surface area contributed by atoms with Crippen molar-refractivity contribution in [2.24, 2.45) is 0 Å². The van der Waals surface area contributed by atoms with Crippen LogP contribution in [0.15, 0.2) is 42.5 Å². The van der Waals surface area contributed by atoms with Crippen LogP contribution in [0.1, 0.15) is 30.1 Å². The molecule has 4 nitrogen and oxygen atoms in total. The van der Waals surface area contributed by atoms with Gasteiger partial charge >= 0.3 is 0 Å². The first-order chi connectivity index (χ1) is 11.6. The maximum absolute atomic E-state index is 14.7. The number of aliphatic hydroxyl groups is 2. The quantitative estimate of drug-likeness (QED) is 0.904. The van der Waals surface area contributed by atoms with E-state index in [0.29, 0.717) is 48.5 Å². The molecule has 0 aromatic heterocycles. The van der Waals surface area contributed by atoms with Crippen LogP contribution in [0.4, 0.5) is 10.1 Å². The molecule has 5 heteroatoms. The topological polar surface area (TPSA) is 52.9 Å². The van der Waals surface area contributed by atoms with Gasteiger partial charge in [-0.3, -0.25) is 0 Å². The molecule has 0 spiro atoms. The molecule has 1 aliphatic rings. The fourth-order valence-corrected chi connectivity index (χ4v) is 3.11. The molecular weight excluding hydrogens is 309 g/mol. The maximum Gasteiger partial charge on any atom is 0.147 e. The average Bonchev–Trinajstić information content (AvgIpc) is 2.62. The Hall–Kier alpha value is -2.11. The molecule has 1 aliphatic heterocycles. The summed E-state index contributed by atoms with van der Waals surface area (Å²) in [4.78, 5) is 1.91. The predicted molar refractivity (Wildman–Crippen MR) is 90.9 cm³/mol. The molecule has 0 saturated carbocycles. The van der Waals surface area contributed by atoms with Gasteiger partial charge in [-0.15, -0.1) is 0 Å². The van der Waals surface area contributed by atoms with E-state index in [4.69, 9.17) is 4.74 Å². The van der Waals surface area contributed by atoms with Crippen LogP contribution in [-0.2, 0) is 0 Å². The highest BCUT2D eigenvalue weighted by Gasteiger charge is 2.24. The van der Waals surface area contributed by atoms with Gasteiger partial charge in [-0.2, -0.15) is 0 Å². The lowest BCUT2D eigenvalue weighted by molar-refractivity contribution is 0.145. The van der Waals surface area contributed by atoms with Crippen molar-refractivity contribution in [2.45, 2.75) is 25.0 Å². The zero-order chi connectivity index (χ0) is 17.1. The van der Waals surface area contributed by atoms with E-state index in [1.807, 2.05) is 23.1 Å². The zero-order valence-electron chi connectivity index (χ0n) is 13.7. The van der Waals surface area contributed by atoms with Crippen molar-refractivity contribution in [3.63, 3.8) is 0 Å². The van der Waals surface area contributed by atoms with Gasteiger partial charge in [-0.1, -0.05) is 30.3 Å². The summed E-state index contributed by atoms with van der Waals surface area (Å²) in [5, 5.41) is 20.2. The van der Waals surface area contributed by atoms with Gasteiger partial charge in [-0.05, 0) is 24.5 Å². The lowest BCUT2D eigenvalue weighted by Gasteiger charge is -2.32. The van der Waals surface area contributed by atoms with Crippen LogP contribution in [0, 0.1) is 5.82 Å². The lowest BCUT2D eigenvalue weighted by atomic mass is 9.99. The number of methoxy groups -OCH3 is 1. The molecule has 0 aliphatic carbocycles. The van der Waals surface area contributed by atoms with E-state index in [-0.39, 0.29) is 6.10 Å². The second-order valence-electron chi connectivity index (χ2n) is 6.08. The van der Waals surface area contributed by atoms with Crippen LogP contribution in [0.3, 0.4) is 0 Å². The minimum absolute atomic E-state index is 0.314. The van der Waals surface area contributed by atoms with Gasteiger partial charge in [0.2, 0.25) is 0 Å². The van der Waals surface area contributed by atoms with Gasteiger partial charge in [0.05, 0.1) is 18.9 Å². The molecule has 1 fully saturated rings. The molecule has 0 amide bonds. The highest BCUT2D eigenvalue weighted by molar-refractivity contribution is 5.57. The molecule has 1 saturated heterocycles. The number of hydrogen-bond donors (Lipinski definition) is 2. The summed E-state index contributed by atoms with van der Waals surface area (Å²) < 4.78 is 20.0. The smallest absolute Gasteiger partial charge is 0.147 e. The molecule has 0 bridgehead atoms. The first-order valence-electron chi connectivity index (χ1n) is 8.13. The second kappa shape index (κ2) is 7.20. The highest BCUT2D eigenvalue weighted by Crippen LogP contribution is 2.36. The van der Waals surface area contributed by atoms with Crippen molar-refractivity contribution in [2.75, 3.05) is 25.1 Å². The van der Waals surface area contributed by atoms with Gasteiger partial charge in [0, 0.05) is 24.7 Å². The van der Waals surface area contributed by atoms with Crippen LogP contribution in [-0.4, -0.2) is 36.5 Å². The van der Waals surface area contributed by atoms with Crippen molar-refractivity contribution in [3.8, 4) is 5.75 Å². The molecule has 1 atom stereocenters. The molecule has 2 aromatic rings. The van der Waals surface area contributed by atoms with E-state index in [2.05, 4.69) is 0 Å². The number of benzene rings is 2. The van der Waals surface area contributed by atoms with Crippen molar-refractivity contribution in [3.05, 3.63) is 59.4 Å². The molecule has 2 N–H and O–H groups in total. The maximum atomic E-state index is 14.7. The van der Waals surface area contributed by atoms with Crippen molar-refractivity contribution < 1.29 is 19.3 Å². The van der Waals surface area contributed by atoms with E-state index in [1.54, 1.807) is 18.2 Å². The van der Waals surface area contributed by atoms with Crippen LogP contribution in [0.2, 0.25) is 0 Å². The van der Waals surface area contributed by atoms with E-state index in [9.17, 15) is 14.6 Å². The summed E-state index contributed by atoms with van der Waals surface area (Å²) in [5.74, 6) is 0.0612. The van der Waals surface area contributed by atoms with Crippen molar-refractivity contribution in [1.29, 1.82) is 0 Å². The molecule has 1 unspecified atom stereocenters. The largest absolute Gasteiger partial charge is 0.496 e. The minimum Gasteiger partial charge on any atom is -0.496 e. The normalized spacial score (nSPS) is 16.9. The van der Waals surface area contributed by atoms with E-state index < -0.39 is 11.9 Å². The molecule has 3 rings (SSSR count). The van der Waals surface area contributed by atoms with Gasteiger partial charge in [-0.25, -0.2) is 4.39 Å². The summed E-state index contributed by atoms with van der Waals surface area (Å²) >= 11 is 0. The number of piperidine rings is 1. The van der Waals surface area contributed by atoms with Crippen LogP contribution < -0.4 is 9.64 Å². The Morgan fingerprint density at radius 3 is 2.46 bits per heavy atom. The summed E-state index contributed by atoms with van der Waals surface area (Å²) in [7, 11) is 1.51. The van der Waals surface area contributed by atoms with Crippen LogP contribution in [0.5, 0.6) is 5.75 Å². The summed E-state index contributed by atoms with van der Waals surface area (Å²) in [5.41, 5.74) is 1.54. The summed E-state index contributed by atoms with van der Waals surface area (Å²) in [6.45, 7) is 1.20. The number of halogens is 1. The summed E-state index contributed by atoms with van der Waals surface area (Å²) in [6, 6.07) is 12.1. The van der Waals surface area contributed by atoms with Gasteiger partial charge in [0.15, 0.2) is 0 Å². The van der Waals surface area contributed by atoms with Gasteiger partial charge in [0.25, 0.3) is 0 Å². The van der Waals surface area contributed by atoms with Crippen LogP contribution >= 0.6 is 0 Å². The van der Waals surface area contributed by atoms with Gasteiger partial charge < -0.3 is 19.8 Å². The zero-order valence-corrected chi connectivity index (χ0v) is 13.7. The number of aliphatic hydroxyl groups excluding tert-OH is 2. The lowest BCUT2D eigenvalue weighted by Crippen LogP contribution is -2.36. The molecule has 2 aromatic carbocycles. The SMILES string of the molecule is COc1cc(N2CCC(O)CC2)c(F)cc1C(O)c1ccccc1. The number of ether oxygens (including phenoxy) is 1. The second-order valence-corrected chi connectivity index (χ2v) is 6.08. The number of nitrogens with zero attached hydrogens (tertiary/aromatic N) is 1. The van der Waals surface area contributed by atoms with E-state index >= 15 is 0 Å². The Labute approximate surface area is 141 Å². The van der Waals surface area contributed by atoms with E-state index in [0.717, 1.165) is 0 Å². The van der Waals surface area contributed by atoms with Crippen molar-refractivity contribution >= 4 is 5.69 Å². The predicted octanol–water partition coefficient (Wildman–Crippen LogP) is 2.88. The monoisotopic (exact) mass is 331 g/mol. The standard InChI is InChI=1S/C19H22FNO3/c1-24-18-12-17(21-9-7-14(22)8-10-21)16(20)11-15(18)19(23)13-5-3-2-4-6-13/h2-6,11-12,14,19,22-23H,7-10H2,1H3. The van der Waals surface area contributed by atoms with Gasteiger partial charge in [0.1, 0.15) is 17.7 Å². The third-order valence-corrected chi connectivity index (χ3v) is 4.51. The molecule has 24 heavy (non-hydrogen) atoms. The Bertz CT molecular complexity index is 685. The Morgan fingerprint density at radius 2 is 1.83 bits per heavy atom. The fraction of sp³-hybridized carbons (Fsp3) is 0.368. The highest BCUT2D eigenvalue weighted by atomic mass is 19.1. The van der Waals surface area contributed by atoms with Crippen LogP contribution in [0.25, 0.3) is 0 Å². The number of anilines is 1. The molecule has 1 heterocycles. The molecule has 0 radical (unpaired) electrons. The number of rotatable bonds is 4. The average molecular weight is 331 g/mol. The third-order valence-electron chi connectivity index (χ3n) is 4.51. The third kappa shape index (κ3) is 3.37. The minimum atomic E-state index is -0.951. The van der Waals surface area contributed by atoms with E-state index in [1.165, 1.54) is 13.2 Å². The Kier molecular flexibility index (Phi) is 5.02. The number of hydrogen-bond acceptors (Lipinski definition) is 4. The molecule has 128 valence electrons. The first kappa shape index (κ1) is 16.7. The summed E-state index contributed by atoms with van der Waals surface area (Å²) in [6.07, 6.45) is -0.0231.